The number of nitrogens with one attached hydrogen (secondary N) is 2. The number of thioether (sulfide) groups is 1. The van der Waals surface area contributed by atoms with Crippen molar-refractivity contribution in [3.05, 3.63) is 42.3 Å². The van der Waals surface area contributed by atoms with E-state index in [-0.39, 0.29) is 5.91 Å². The molecule has 0 bridgehead atoms. The maximum Gasteiger partial charge on any atom is 0.230 e. The Kier molecular flexibility index (Phi) is 6.32. The molecule has 1 aromatic heterocycles. The van der Waals surface area contributed by atoms with Gasteiger partial charge in [0.2, 0.25) is 11.8 Å². The molecule has 6 heteroatoms. The minimum absolute atomic E-state index is 0.0951. The maximum atomic E-state index is 11.8. The zero-order valence-electron chi connectivity index (χ0n) is 13.7. The molecular weight excluding hydrogens is 322 g/mol. The quantitative estimate of drug-likeness (QED) is 0.770. The number of rotatable bonds is 8. The smallest absolute Gasteiger partial charge is 0.230 e. The Morgan fingerprint density at radius 1 is 1.38 bits per heavy atom. The number of carbonyl (C=O) groups is 1. The molecule has 1 unspecified atom stereocenters. The van der Waals surface area contributed by atoms with Gasteiger partial charge < -0.3 is 15.1 Å². The number of oxazole rings is 1. The molecule has 1 aliphatic heterocycles. The van der Waals surface area contributed by atoms with E-state index in [0.29, 0.717) is 23.3 Å². The normalized spacial score (nSPS) is 17.1. The van der Waals surface area contributed by atoms with E-state index in [2.05, 4.69) is 15.6 Å². The summed E-state index contributed by atoms with van der Waals surface area (Å²) in [6.45, 7) is 2.96. The van der Waals surface area contributed by atoms with Gasteiger partial charge in [0.05, 0.1) is 11.4 Å². The second kappa shape index (κ2) is 8.89. The average Bonchev–Trinajstić information content (AvgIpc) is 3.28. The molecule has 1 aromatic carbocycles. The second-order valence-corrected chi connectivity index (χ2v) is 6.99. The van der Waals surface area contributed by atoms with Crippen molar-refractivity contribution in [2.24, 2.45) is 5.92 Å². The minimum Gasteiger partial charge on any atom is -0.444 e. The highest BCUT2D eigenvalue weighted by molar-refractivity contribution is 7.99. The molecule has 0 saturated carbocycles. The molecule has 128 valence electrons. The lowest BCUT2D eigenvalue weighted by molar-refractivity contribution is -0.118. The first kappa shape index (κ1) is 17.0. The third-order valence-electron chi connectivity index (χ3n) is 4.09. The number of nitrogens with zero attached hydrogens (tertiary/aromatic N) is 1. The van der Waals surface area contributed by atoms with Crippen LogP contribution in [0, 0.1) is 5.92 Å². The Hall–Kier alpha value is -1.79. The van der Waals surface area contributed by atoms with Crippen LogP contribution in [0.5, 0.6) is 0 Å². The van der Waals surface area contributed by atoms with E-state index in [1.807, 2.05) is 30.3 Å². The van der Waals surface area contributed by atoms with Gasteiger partial charge in [0.1, 0.15) is 6.26 Å². The predicted molar refractivity (Wildman–Crippen MR) is 96.7 cm³/mol. The van der Waals surface area contributed by atoms with E-state index < -0.39 is 0 Å². The van der Waals surface area contributed by atoms with E-state index in [9.17, 15) is 4.79 Å². The van der Waals surface area contributed by atoms with Crippen molar-refractivity contribution in [3.63, 3.8) is 0 Å². The van der Waals surface area contributed by atoms with E-state index >= 15 is 0 Å². The zero-order valence-corrected chi connectivity index (χ0v) is 14.5. The Morgan fingerprint density at radius 2 is 2.25 bits per heavy atom. The molecule has 3 rings (SSSR count). The molecule has 1 saturated heterocycles. The molecule has 1 aliphatic rings. The van der Waals surface area contributed by atoms with Crippen LogP contribution in [0.4, 0.5) is 0 Å². The van der Waals surface area contributed by atoms with Gasteiger partial charge in [-0.3, -0.25) is 4.79 Å². The van der Waals surface area contributed by atoms with E-state index in [4.69, 9.17) is 4.42 Å². The number of hydrogen-bond donors (Lipinski definition) is 2. The van der Waals surface area contributed by atoms with Gasteiger partial charge in [-0.1, -0.05) is 18.2 Å². The summed E-state index contributed by atoms with van der Waals surface area (Å²) in [5.41, 5.74) is 1.83. The molecule has 5 nitrogen and oxygen atoms in total. The first-order valence-corrected chi connectivity index (χ1v) is 9.52. The van der Waals surface area contributed by atoms with Crippen molar-refractivity contribution in [1.29, 1.82) is 0 Å². The van der Waals surface area contributed by atoms with E-state index in [1.54, 1.807) is 18.0 Å². The molecule has 1 amide bonds. The molecular formula is C18H23N3O2S. The van der Waals surface area contributed by atoms with Crippen LogP contribution in [0.3, 0.4) is 0 Å². The summed E-state index contributed by atoms with van der Waals surface area (Å²) in [7, 11) is 0. The highest BCUT2D eigenvalue weighted by atomic mass is 32.2. The summed E-state index contributed by atoms with van der Waals surface area (Å²) in [6, 6.07) is 9.82. The lowest BCUT2D eigenvalue weighted by Gasteiger charge is -2.09. The van der Waals surface area contributed by atoms with Crippen LogP contribution in [0.1, 0.15) is 18.5 Å². The van der Waals surface area contributed by atoms with Crippen molar-refractivity contribution in [2.45, 2.75) is 18.6 Å². The summed E-state index contributed by atoms with van der Waals surface area (Å²) in [5, 5.41) is 6.34. The topological polar surface area (TPSA) is 67.2 Å². The van der Waals surface area contributed by atoms with Gasteiger partial charge in [0.15, 0.2) is 0 Å². The van der Waals surface area contributed by atoms with Crippen LogP contribution in [-0.2, 0) is 10.5 Å². The van der Waals surface area contributed by atoms with Crippen molar-refractivity contribution in [3.8, 4) is 11.5 Å². The largest absolute Gasteiger partial charge is 0.444 e. The number of benzene rings is 1. The Morgan fingerprint density at radius 3 is 3.04 bits per heavy atom. The van der Waals surface area contributed by atoms with Crippen LogP contribution < -0.4 is 10.6 Å². The molecule has 0 aliphatic carbocycles. The zero-order chi connectivity index (χ0) is 16.6. The van der Waals surface area contributed by atoms with Gasteiger partial charge in [-0.25, -0.2) is 4.98 Å². The number of carbonyl (C=O) groups excluding carboxylic acids is 1. The summed E-state index contributed by atoms with van der Waals surface area (Å²) in [6.07, 6.45) is 3.95. The highest BCUT2D eigenvalue weighted by Gasteiger charge is 2.14. The first-order valence-electron chi connectivity index (χ1n) is 8.36. The molecule has 2 N–H and O–H groups in total. The van der Waals surface area contributed by atoms with Crippen molar-refractivity contribution in [1.82, 2.24) is 15.6 Å². The SMILES string of the molecule is O=C(CSCc1coc(-c2ccccc2)n1)NCCC1CCNC1. The van der Waals surface area contributed by atoms with Crippen molar-refractivity contribution < 1.29 is 9.21 Å². The lowest BCUT2D eigenvalue weighted by atomic mass is 10.1. The maximum absolute atomic E-state index is 11.8. The van der Waals surface area contributed by atoms with Gasteiger partial charge in [-0.2, -0.15) is 0 Å². The van der Waals surface area contributed by atoms with Gasteiger partial charge in [0.25, 0.3) is 0 Å². The molecule has 2 heterocycles. The summed E-state index contributed by atoms with van der Waals surface area (Å²) < 4.78 is 5.50. The van der Waals surface area contributed by atoms with Gasteiger partial charge in [-0.05, 0) is 44.0 Å². The monoisotopic (exact) mass is 345 g/mol. The standard InChI is InChI=1S/C18H23N3O2S/c22-17(20-9-7-14-6-8-19-10-14)13-24-12-16-11-23-18(21-16)15-4-2-1-3-5-15/h1-5,11,14,19H,6-10,12-13H2,(H,20,22). The molecule has 0 radical (unpaired) electrons. The van der Waals surface area contributed by atoms with Crippen LogP contribution in [-0.4, -0.2) is 36.3 Å². The third-order valence-corrected chi connectivity index (χ3v) is 5.06. The van der Waals surface area contributed by atoms with Gasteiger partial charge >= 0.3 is 0 Å². The fraction of sp³-hybridized carbons (Fsp3) is 0.444. The Balaban J connectivity index is 1.34. The number of aromatic nitrogens is 1. The molecule has 2 aromatic rings. The van der Waals surface area contributed by atoms with Crippen molar-refractivity contribution >= 4 is 17.7 Å². The van der Waals surface area contributed by atoms with Crippen molar-refractivity contribution in [2.75, 3.05) is 25.4 Å². The van der Waals surface area contributed by atoms with Crippen LogP contribution in [0.15, 0.2) is 41.0 Å². The van der Waals surface area contributed by atoms with Gasteiger partial charge in [0, 0.05) is 17.9 Å². The molecule has 1 atom stereocenters. The fourth-order valence-electron chi connectivity index (χ4n) is 2.76. The Bertz CT molecular complexity index is 639. The number of amides is 1. The highest BCUT2D eigenvalue weighted by Crippen LogP contribution is 2.20. The summed E-state index contributed by atoms with van der Waals surface area (Å²) >= 11 is 1.56. The summed E-state index contributed by atoms with van der Waals surface area (Å²) in [4.78, 5) is 16.3. The lowest BCUT2D eigenvalue weighted by Crippen LogP contribution is -2.27. The van der Waals surface area contributed by atoms with Crippen LogP contribution in [0.25, 0.3) is 11.5 Å². The van der Waals surface area contributed by atoms with E-state index in [1.165, 1.54) is 6.42 Å². The van der Waals surface area contributed by atoms with Gasteiger partial charge in [-0.15, -0.1) is 11.8 Å². The predicted octanol–water partition coefficient (Wildman–Crippen LogP) is 2.69. The Labute approximate surface area is 146 Å². The average molecular weight is 345 g/mol. The third kappa shape index (κ3) is 5.11. The van der Waals surface area contributed by atoms with E-state index in [0.717, 1.165) is 37.3 Å². The first-order chi connectivity index (χ1) is 11.8. The minimum atomic E-state index is 0.0951. The fourth-order valence-corrected chi connectivity index (χ4v) is 3.49. The summed E-state index contributed by atoms with van der Waals surface area (Å²) in [5.74, 6) is 2.57. The van der Waals surface area contributed by atoms with Crippen LogP contribution >= 0.6 is 11.8 Å². The number of hydrogen-bond acceptors (Lipinski definition) is 5. The van der Waals surface area contributed by atoms with Crippen LogP contribution in [0.2, 0.25) is 0 Å². The molecule has 1 fully saturated rings. The second-order valence-electron chi connectivity index (χ2n) is 6.00. The molecule has 0 spiro atoms. The molecule has 24 heavy (non-hydrogen) atoms.